The van der Waals surface area contributed by atoms with Gasteiger partial charge in [0.25, 0.3) is 0 Å². The van der Waals surface area contributed by atoms with Gasteiger partial charge < -0.3 is 5.32 Å². The summed E-state index contributed by atoms with van der Waals surface area (Å²) in [5.41, 5.74) is 0. The van der Waals surface area contributed by atoms with E-state index in [4.69, 9.17) is 11.6 Å². The molecule has 0 atom stereocenters. The molecule has 0 unspecified atom stereocenters. The lowest BCUT2D eigenvalue weighted by Gasteiger charge is -2.08. The molecule has 0 aromatic carbocycles. The number of rotatable bonds is 5. The van der Waals surface area contributed by atoms with Gasteiger partial charge in [0, 0.05) is 12.7 Å². The summed E-state index contributed by atoms with van der Waals surface area (Å²) in [5, 5.41) is 11.2. The van der Waals surface area contributed by atoms with Crippen molar-refractivity contribution in [2.45, 2.75) is 19.9 Å². The average molecular weight is 308 g/mol. The van der Waals surface area contributed by atoms with E-state index in [1.165, 1.54) is 0 Å². The molecule has 20 heavy (non-hydrogen) atoms. The molecule has 0 aliphatic rings. The van der Waals surface area contributed by atoms with E-state index in [1.807, 2.05) is 11.4 Å². The Morgan fingerprint density at radius 1 is 1.40 bits per heavy atom. The summed E-state index contributed by atoms with van der Waals surface area (Å²) >= 11 is 7.49. The van der Waals surface area contributed by atoms with Crippen molar-refractivity contribution >= 4 is 39.0 Å². The van der Waals surface area contributed by atoms with Crippen molar-refractivity contribution in [1.82, 2.24) is 19.7 Å². The Morgan fingerprint density at radius 3 is 3.05 bits per heavy atom. The average Bonchev–Trinajstić information content (AvgIpc) is 3.05. The zero-order chi connectivity index (χ0) is 13.9. The van der Waals surface area contributed by atoms with Crippen molar-refractivity contribution in [2.24, 2.45) is 0 Å². The molecule has 7 heteroatoms. The molecule has 3 rings (SSSR count). The zero-order valence-corrected chi connectivity index (χ0v) is 12.6. The van der Waals surface area contributed by atoms with Gasteiger partial charge in [-0.25, -0.2) is 9.97 Å². The minimum atomic E-state index is 0.515. The van der Waals surface area contributed by atoms with Crippen LogP contribution < -0.4 is 5.32 Å². The molecule has 104 valence electrons. The predicted molar refractivity (Wildman–Crippen MR) is 82.5 cm³/mol. The molecule has 0 radical (unpaired) electrons. The molecule has 0 aliphatic carbocycles. The first-order chi connectivity index (χ1) is 9.76. The van der Waals surface area contributed by atoms with Crippen molar-refractivity contribution in [2.75, 3.05) is 11.9 Å². The van der Waals surface area contributed by atoms with Gasteiger partial charge in [-0.2, -0.15) is 5.10 Å². The summed E-state index contributed by atoms with van der Waals surface area (Å²) < 4.78 is 1.74. The summed E-state index contributed by atoms with van der Waals surface area (Å²) in [7, 11) is 0. The molecule has 0 aliphatic heterocycles. The van der Waals surface area contributed by atoms with Gasteiger partial charge >= 0.3 is 0 Å². The minimum absolute atomic E-state index is 0.515. The fraction of sp³-hybridized carbons (Fsp3) is 0.308. The number of anilines is 1. The number of aromatic nitrogens is 4. The smallest absolute Gasteiger partial charge is 0.153 e. The summed E-state index contributed by atoms with van der Waals surface area (Å²) in [5.74, 6) is 1.63. The Hall–Kier alpha value is -1.66. The summed E-state index contributed by atoms with van der Waals surface area (Å²) in [6.07, 6.45) is 4.43. The van der Waals surface area contributed by atoms with Gasteiger partial charge in [-0.15, -0.1) is 11.3 Å². The Bertz CT molecular complexity index is 720. The Labute approximate surface area is 125 Å². The van der Waals surface area contributed by atoms with Crippen molar-refractivity contribution in [1.29, 1.82) is 0 Å². The first-order valence-electron chi connectivity index (χ1n) is 6.42. The van der Waals surface area contributed by atoms with Crippen LogP contribution in [0.5, 0.6) is 0 Å². The Balaban J connectivity index is 1.94. The molecule has 0 spiro atoms. The predicted octanol–water partition coefficient (Wildman–Crippen LogP) is 3.41. The van der Waals surface area contributed by atoms with Crippen molar-refractivity contribution in [3.63, 3.8) is 0 Å². The van der Waals surface area contributed by atoms with Crippen LogP contribution in [0.25, 0.3) is 10.2 Å². The minimum Gasteiger partial charge on any atom is -0.369 e. The molecule has 0 fully saturated rings. The topological polar surface area (TPSA) is 55.6 Å². The van der Waals surface area contributed by atoms with Crippen LogP contribution in [0.4, 0.5) is 5.82 Å². The van der Waals surface area contributed by atoms with E-state index < -0.39 is 0 Å². The maximum absolute atomic E-state index is 5.87. The Kier molecular flexibility index (Phi) is 3.84. The fourth-order valence-electron chi connectivity index (χ4n) is 1.92. The number of fused-ring (bicyclic) bond motifs is 1. The highest BCUT2D eigenvalue weighted by Crippen LogP contribution is 2.25. The number of nitrogens with zero attached hydrogens (tertiary/aromatic N) is 4. The van der Waals surface area contributed by atoms with Crippen LogP contribution >= 0.6 is 22.9 Å². The van der Waals surface area contributed by atoms with Crippen LogP contribution in [0, 0.1) is 0 Å². The monoisotopic (exact) mass is 307 g/mol. The van der Waals surface area contributed by atoms with E-state index in [1.54, 1.807) is 28.4 Å². The lowest BCUT2D eigenvalue weighted by atomic mass is 10.3. The number of nitrogens with one attached hydrogen (secondary N) is 1. The third kappa shape index (κ3) is 2.76. The standard InChI is InChI=1S/C13H14ClN5S/c1-2-4-15-12-10-3-5-20-13(10)18-11(17-12)8-19-7-9(14)6-16-19/h3,5-7H,2,4,8H2,1H3,(H,15,17,18). The van der Waals surface area contributed by atoms with Crippen molar-refractivity contribution in [3.05, 3.63) is 34.7 Å². The molecule has 0 saturated heterocycles. The van der Waals surface area contributed by atoms with Crippen molar-refractivity contribution < 1.29 is 0 Å². The first kappa shape index (κ1) is 13.3. The summed E-state index contributed by atoms with van der Waals surface area (Å²) in [6, 6.07) is 2.05. The van der Waals surface area contributed by atoms with Gasteiger partial charge in [0.1, 0.15) is 17.2 Å². The second kappa shape index (κ2) is 5.76. The second-order valence-corrected chi connectivity index (χ2v) is 5.74. The zero-order valence-electron chi connectivity index (χ0n) is 11.0. The van der Waals surface area contributed by atoms with E-state index in [0.717, 1.165) is 34.8 Å². The van der Waals surface area contributed by atoms with Gasteiger partial charge in [0.2, 0.25) is 0 Å². The number of hydrogen-bond donors (Lipinski definition) is 1. The van der Waals surface area contributed by atoms with E-state index in [9.17, 15) is 0 Å². The second-order valence-electron chi connectivity index (χ2n) is 4.41. The van der Waals surface area contributed by atoms with Gasteiger partial charge in [-0.05, 0) is 17.9 Å². The van der Waals surface area contributed by atoms with Crippen LogP contribution in [0.15, 0.2) is 23.8 Å². The lowest BCUT2D eigenvalue weighted by Crippen LogP contribution is -2.08. The molecule has 3 heterocycles. The molecule has 5 nitrogen and oxygen atoms in total. The maximum Gasteiger partial charge on any atom is 0.153 e. The highest BCUT2D eigenvalue weighted by atomic mass is 35.5. The van der Waals surface area contributed by atoms with E-state index in [0.29, 0.717) is 11.6 Å². The SMILES string of the molecule is CCCNc1nc(Cn2cc(Cl)cn2)nc2sccc12. The van der Waals surface area contributed by atoms with Crippen LogP contribution in [-0.2, 0) is 6.54 Å². The normalized spacial score (nSPS) is 11.1. The number of halogens is 1. The molecular weight excluding hydrogens is 294 g/mol. The van der Waals surface area contributed by atoms with Gasteiger partial charge in [-0.3, -0.25) is 4.68 Å². The molecule has 0 bridgehead atoms. The molecular formula is C13H14ClN5S. The van der Waals surface area contributed by atoms with Crippen molar-refractivity contribution in [3.8, 4) is 0 Å². The largest absolute Gasteiger partial charge is 0.369 e. The third-order valence-electron chi connectivity index (χ3n) is 2.82. The number of hydrogen-bond acceptors (Lipinski definition) is 5. The summed E-state index contributed by atoms with van der Waals surface area (Å²) in [4.78, 5) is 10.2. The Morgan fingerprint density at radius 2 is 2.30 bits per heavy atom. The van der Waals surface area contributed by atoms with Crippen LogP contribution in [-0.4, -0.2) is 26.3 Å². The molecule has 3 aromatic heterocycles. The van der Waals surface area contributed by atoms with Gasteiger partial charge in [-0.1, -0.05) is 18.5 Å². The summed E-state index contributed by atoms with van der Waals surface area (Å²) in [6.45, 7) is 3.54. The number of thiophene rings is 1. The first-order valence-corrected chi connectivity index (χ1v) is 7.68. The van der Waals surface area contributed by atoms with Crippen LogP contribution in [0.3, 0.4) is 0 Å². The fourth-order valence-corrected chi connectivity index (χ4v) is 2.86. The van der Waals surface area contributed by atoms with Gasteiger partial charge in [0.05, 0.1) is 16.6 Å². The quantitative estimate of drug-likeness (QED) is 0.785. The van der Waals surface area contributed by atoms with E-state index in [-0.39, 0.29) is 0 Å². The lowest BCUT2D eigenvalue weighted by molar-refractivity contribution is 0.658. The molecule has 1 N–H and O–H groups in total. The van der Waals surface area contributed by atoms with Crippen LogP contribution in [0.1, 0.15) is 19.2 Å². The van der Waals surface area contributed by atoms with E-state index >= 15 is 0 Å². The van der Waals surface area contributed by atoms with E-state index in [2.05, 4.69) is 27.3 Å². The van der Waals surface area contributed by atoms with Gasteiger partial charge in [0.15, 0.2) is 5.82 Å². The maximum atomic E-state index is 5.87. The highest BCUT2D eigenvalue weighted by molar-refractivity contribution is 7.16. The highest BCUT2D eigenvalue weighted by Gasteiger charge is 2.09. The molecule has 3 aromatic rings. The molecule has 0 saturated carbocycles. The van der Waals surface area contributed by atoms with Crippen LogP contribution in [0.2, 0.25) is 5.02 Å². The third-order valence-corrected chi connectivity index (χ3v) is 3.82. The molecule has 0 amide bonds.